The third-order valence-electron chi connectivity index (χ3n) is 3.35. The number of nitrogens with zero attached hydrogens (tertiary/aromatic N) is 3. The van der Waals surface area contributed by atoms with Gasteiger partial charge in [0.1, 0.15) is 5.01 Å². The van der Waals surface area contributed by atoms with Crippen LogP contribution in [0.25, 0.3) is 10.6 Å². The SMILES string of the molecule is CCNC1CCCc2nc(-c3cnn(C)c3)sc21. The van der Waals surface area contributed by atoms with Gasteiger partial charge in [0.05, 0.1) is 11.9 Å². The van der Waals surface area contributed by atoms with Crippen LogP contribution in [0, 0.1) is 0 Å². The molecule has 2 aromatic rings. The Balaban J connectivity index is 1.95. The molecule has 1 unspecified atom stereocenters. The molecule has 0 saturated heterocycles. The topological polar surface area (TPSA) is 42.7 Å². The quantitative estimate of drug-likeness (QED) is 0.924. The summed E-state index contributed by atoms with van der Waals surface area (Å²) < 4.78 is 1.83. The number of thiazole rings is 1. The molecular weight excluding hydrogens is 244 g/mol. The molecule has 0 amide bonds. The van der Waals surface area contributed by atoms with Crippen molar-refractivity contribution >= 4 is 11.3 Å². The zero-order chi connectivity index (χ0) is 12.5. The van der Waals surface area contributed by atoms with Gasteiger partial charge in [-0.1, -0.05) is 6.92 Å². The van der Waals surface area contributed by atoms with Gasteiger partial charge in [0.2, 0.25) is 0 Å². The summed E-state index contributed by atoms with van der Waals surface area (Å²) in [5.41, 5.74) is 2.42. The van der Waals surface area contributed by atoms with E-state index >= 15 is 0 Å². The van der Waals surface area contributed by atoms with Gasteiger partial charge < -0.3 is 5.32 Å². The molecule has 18 heavy (non-hydrogen) atoms. The van der Waals surface area contributed by atoms with Gasteiger partial charge in [-0.3, -0.25) is 4.68 Å². The number of rotatable bonds is 3. The Hall–Kier alpha value is -1.20. The maximum absolute atomic E-state index is 4.79. The standard InChI is InChI=1S/C13H18N4S/c1-3-14-10-5-4-6-11-12(10)18-13(16-11)9-7-15-17(2)8-9/h7-8,10,14H,3-6H2,1-2H3. The third-order valence-corrected chi connectivity index (χ3v) is 4.61. The Morgan fingerprint density at radius 2 is 2.44 bits per heavy atom. The molecular formula is C13H18N4S. The predicted molar refractivity (Wildman–Crippen MR) is 73.7 cm³/mol. The Morgan fingerprint density at radius 1 is 1.56 bits per heavy atom. The molecule has 96 valence electrons. The van der Waals surface area contributed by atoms with Gasteiger partial charge >= 0.3 is 0 Å². The Morgan fingerprint density at radius 3 is 3.17 bits per heavy atom. The van der Waals surface area contributed by atoms with E-state index in [4.69, 9.17) is 4.98 Å². The lowest BCUT2D eigenvalue weighted by Gasteiger charge is -2.21. The number of aromatic nitrogens is 3. The molecule has 0 saturated carbocycles. The van der Waals surface area contributed by atoms with Gasteiger partial charge in [0.15, 0.2) is 0 Å². The Bertz CT molecular complexity index is 543. The third kappa shape index (κ3) is 2.08. The first-order chi connectivity index (χ1) is 8.78. The van der Waals surface area contributed by atoms with Crippen molar-refractivity contribution in [2.24, 2.45) is 7.05 Å². The molecule has 0 bridgehead atoms. The average molecular weight is 262 g/mol. The van der Waals surface area contributed by atoms with Crippen LogP contribution in [0.5, 0.6) is 0 Å². The normalized spacial score (nSPS) is 18.9. The van der Waals surface area contributed by atoms with E-state index in [2.05, 4.69) is 17.3 Å². The monoisotopic (exact) mass is 262 g/mol. The first-order valence-electron chi connectivity index (χ1n) is 6.50. The fourth-order valence-electron chi connectivity index (χ4n) is 2.52. The largest absolute Gasteiger partial charge is 0.309 e. The van der Waals surface area contributed by atoms with E-state index in [-0.39, 0.29) is 0 Å². The highest BCUT2D eigenvalue weighted by Crippen LogP contribution is 2.37. The number of aryl methyl sites for hydroxylation is 2. The van der Waals surface area contributed by atoms with Gasteiger partial charge in [-0.15, -0.1) is 11.3 Å². The van der Waals surface area contributed by atoms with Crippen molar-refractivity contribution < 1.29 is 0 Å². The van der Waals surface area contributed by atoms with Crippen LogP contribution >= 0.6 is 11.3 Å². The summed E-state index contributed by atoms with van der Waals surface area (Å²) in [6, 6.07) is 0.502. The van der Waals surface area contributed by atoms with E-state index in [9.17, 15) is 0 Å². The Labute approximate surface area is 111 Å². The van der Waals surface area contributed by atoms with Crippen LogP contribution in [0.2, 0.25) is 0 Å². The van der Waals surface area contributed by atoms with E-state index in [1.807, 2.05) is 35.5 Å². The number of fused-ring (bicyclic) bond motifs is 1. The van der Waals surface area contributed by atoms with Gasteiger partial charge in [0, 0.05) is 29.7 Å². The summed E-state index contributed by atoms with van der Waals surface area (Å²) >= 11 is 1.82. The fraction of sp³-hybridized carbons (Fsp3) is 0.538. The van der Waals surface area contributed by atoms with Crippen molar-refractivity contribution in [1.29, 1.82) is 0 Å². The van der Waals surface area contributed by atoms with E-state index in [0.29, 0.717) is 6.04 Å². The van der Waals surface area contributed by atoms with Crippen LogP contribution in [0.3, 0.4) is 0 Å². The Kier molecular flexibility index (Phi) is 3.18. The lowest BCUT2D eigenvalue weighted by atomic mass is 9.98. The van der Waals surface area contributed by atoms with Crippen LogP contribution in [-0.2, 0) is 13.5 Å². The zero-order valence-electron chi connectivity index (χ0n) is 10.8. The lowest BCUT2D eigenvalue weighted by molar-refractivity contribution is 0.476. The average Bonchev–Trinajstić information content (AvgIpc) is 2.95. The van der Waals surface area contributed by atoms with E-state index in [1.165, 1.54) is 23.4 Å². The van der Waals surface area contributed by atoms with Crippen molar-refractivity contribution in [3.05, 3.63) is 23.0 Å². The van der Waals surface area contributed by atoms with Crippen LogP contribution in [-0.4, -0.2) is 21.3 Å². The van der Waals surface area contributed by atoms with Crippen LogP contribution in [0.4, 0.5) is 0 Å². The smallest absolute Gasteiger partial charge is 0.127 e. The molecule has 1 atom stereocenters. The first-order valence-corrected chi connectivity index (χ1v) is 7.31. The van der Waals surface area contributed by atoms with Crippen LogP contribution < -0.4 is 5.32 Å². The van der Waals surface area contributed by atoms with E-state index < -0.39 is 0 Å². The number of nitrogens with one attached hydrogen (secondary N) is 1. The van der Waals surface area contributed by atoms with Crippen molar-refractivity contribution in [2.75, 3.05) is 6.54 Å². The molecule has 3 rings (SSSR count). The lowest BCUT2D eigenvalue weighted by Crippen LogP contribution is -2.23. The first kappa shape index (κ1) is 11.9. The summed E-state index contributed by atoms with van der Waals surface area (Å²) in [6.45, 7) is 3.18. The van der Waals surface area contributed by atoms with Gasteiger partial charge in [-0.25, -0.2) is 4.98 Å². The van der Waals surface area contributed by atoms with Crippen molar-refractivity contribution in [3.63, 3.8) is 0 Å². The minimum atomic E-state index is 0.502. The number of hydrogen-bond acceptors (Lipinski definition) is 4. The van der Waals surface area contributed by atoms with Gasteiger partial charge in [-0.2, -0.15) is 5.10 Å². The van der Waals surface area contributed by atoms with E-state index in [1.54, 1.807) is 0 Å². The molecule has 4 nitrogen and oxygen atoms in total. The van der Waals surface area contributed by atoms with E-state index in [0.717, 1.165) is 23.5 Å². The fourth-order valence-corrected chi connectivity index (χ4v) is 3.71. The predicted octanol–water partition coefficient (Wildman–Crippen LogP) is 2.53. The summed E-state index contributed by atoms with van der Waals surface area (Å²) in [6.07, 6.45) is 7.52. The van der Waals surface area contributed by atoms with Gasteiger partial charge in [-0.05, 0) is 25.8 Å². The maximum Gasteiger partial charge on any atom is 0.127 e. The minimum Gasteiger partial charge on any atom is -0.309 e. The molecule has 0 spiro atoms. The molecule has 2 aromatic heterocycles. The summed E-state index contributed by atoms with van der Waals surface area (Å²) in [5.74, 6) is 0. The molecule has 0 fully saturated rings. The van der Waals surface area contributed by atoms with Crippen LogP contribution in [0.1, 0.15) is 36.4 Å². The molecule has 5 heteroatoms. The van der Waals surface area contributed by atoms with Crippen molar-refractivity contribution in [1.82, 2.24) is 20.1 Å². The maximum atomic E-state index is 4.79. The van der Waals surface area contributed by atoms with Crippen LogP contribution in [0.15, 0.2) is 12.4 Å². The second-order valence-electron chi connectivity index (χ2n) is 4.74. The van der Waals surface area contributed by atoms with Gasteiger partial charge in [0.25, 0.3) is 0 Å². The van der Waals surface area contributed by atoms with Crippen molar-refractivity contribution in [2.45, 2.75) is 32.2 Å². The zero-order valence-corrected chi connectivity index (χ0v) is 11.6. The molecule has 2 heterocycles. The highest BCUT2D eigenvalue weighted by atomic mass is 32.1. The highest BCUT2D eigenvalue weighted by molar-refractivity contribution is 7.15. The molecule has 1 N–H and O–H groups in total. The molecule has 0 aromatic carbocycles. The summed E-state index contributed by atoms with van der Waals surface area (Å²) in [5, 5.41) is 8.89. The molecule has 1 aliphatic rings. The second-order valence-corrected chi connectivity index (χ2v) is 5.77. The van der Waals surface area contributed by atoms with Crippen molar-refractivity contribution in [3.8, 4) is 10.6 Å². The summed E-state index contributed by atoms with van der Waals surface area (Å²) in [7, 11) is 1.94. The number of hydrogen-bond donors (Lipinski definition) is 1. The molecule has 0 radical (unpaired) electrons. The summed E-state index contributed by atoms with van der Waals surface area (Å²) in [4.78, 5) is 6.22. The minimum absolute atomic E-state index is 0.502. The highest BCUT2D eigenvalue weighted by Gasteiger charge is 2.24. The molecule has 1 aliphatic carbocycles. The second kappa shape index (κ2) is 4.82. The molecule has 0 aliphatic heterocycles.